The van der Waals surface area contributed by atoms with E-state index in [0.29, 0.717) is 17.5 Å². The van der Waals surface area contributed by atoms with Crippen molar-refractivity contribution in [3.63, 3.8) is 0 Å². The van der Waals surface area contributed by atoms with Gasteiger partial charge in [0.05, 0.1) is 0 Å². The molecule has 0 saturated heterocycles. The van der Waals surface area contributed by atoms with Crippen LogP contribution >= 0.6 is 11.6 Å². The Labute approximate surface area is 196 Å². The number of likely N-dealkylation sites (N-methyl/N-ethyl adjacent to an activating group) is 1. The highest BCUT2D eigenvalue weighted by atomic mass is 35.5. The average molecular weight is 457 g/mol. The van der Waals surface area contributed by atoms with E-state index in [4.69, 9.17) is 16.3 Å². The lowest BCUT2D eigenvalue weighted by Crippen LogP contribution is -2.43. The van der Waals surface area contributed by atoms with Crippen LogP contribution in [0.5, 0.6) is 0 Å². The van der Waals surface area contributed by atoms with Gasteiger partial charge in [-0.2, -0.15) is 0 Å². The zero-order valence-electron chi connectivity index (χ0n) is 19.3. The molecule has 2 unspecified atom stereocenters. The van der Waals surface area contributed by atoms with Gasteiger partial charge in [-0.05, 0) is 63.4 Å². The van der Waals surface area contributed by atoms with E-state index in [9.17, 15) is 9.59 Å². The van der Waals surface area contributed by atoms with Crippen LogP contribution in [0.3, 0.4) is 0 Å². The zero-order valence-corrected chi connectivity index (χ0v) is 20.1. The number of nitrogens with zero attached hydrogens (tertiary/aromatic N) is 2. The van der Waals surface area contributed by atoms with Crippen molar-refractivity contribution in [2.45, 2.75) is 50.8 Å². The van der Waals surface area contributed by atoms with Crippen LogP contribution in [-0.4, -0.2) is 48.9 Å². The number of hydrogen-bond donors (Lipinski definition) is 0. The van der Waals surface area contributed by atoms with Crippen molar-refractivity contribution >= 4 is 23.5 Å². The molecule has 2 atom stereocenters. The topological polar surface area (TPSA) is 49.9 Å². The molecule has 172 valence electrons. The van der Waals surface area contributed by atoms with Crippen LogP contribution in [0.1, 0.15) is 55.9 Å². The van der Waals surface area contributed by atoms with Gasteiger partial charge >= 0.3 is 5.97 Å². The molecule has 0 N–H and O–H groups in total. The minimum atomic E-state index is -0.903. The first-order chi connectivity index (χ1) is 15.3. The maximum atomic E-state index is 13.3. The molecule has 1 fully saturated rings. The van der Waals surface area contributed by atoms with E-state index >= 15 is 0 Å². The van der Waals surface area contributed by atoms with E-state index in [1.54, 1.807) is 4.90 Å². The summed E-state index contributed by atoms with van der Waals surface area (Å²) in [6.45, 7) is 1.34. The average Bonchev–Trinajstić information content (AvgIpc) is 2.79. The Bertz CT molecular complexity index is 893. The van der Waals surface area contributed by atoms with Gasteiger partial charge in [-0.3, -0.25) is 9.59 Å². The molecule has 0 radical (unpaired) electrons. The smallest absolute Gasteiger partial charge is 0.303 e. The molecule has 1 saturated carbocycles. The number of hydrogen-bond acceptors (Lipinski definition) is 4. The Balaban J connectivity index is 1.68. The number of rotatable bonds is 7. The number of esters is 1. The second-order valence-corrected chi connectivity index (χ2v) is 9.31. The molecule has 2 aromatic rings. The van der Waals surface area contributed by atoms with Crippen molar-refractivity contribution in [1.29, 1.82) is 0 Å². The van der Waals surface area contributed by atoms with E-state index < -0.39 is 12.1 Å². The van der Waals surface area contributed by atoms with Crippen LogP contribution in [0.15, 0.2) is 54.6 Å². The number of benzene rings is 2. The second-order valence-electron chi connectivity index (χ2n) is 8.88. The third-order valence-electron chi connectivity index (χ3n) is 6.46. The zero-order chi connectivity index (χ0) is 23.3. The Morgan fingerprint density at radius 3 is 2.03 bits per heavy atom. The first-order valence-corrected chi connectivity index (χ1v) is 11.6. The second kappa shape index (κ2) is 11.0. The van der Waals surface area contributed by atoms with Gasteiger partial charge in [0.25, 0.3) is 5.91 Å². The van der Waals surface area contributed by atoms with Crippen LogP contribution in [0, 0.1) is 5.92 Å². The lowest BCUT2D eigenvalue weighted by atomic mass is 9.78. The summed E-state index contributed by atoms with van der Waals surface area (Å²) in [5, 5.41) is 0.746. The van der Waals surface area contributed by atoms with Gasteiger partial charge in [0, 0.05) is 36.6 Å². The first kappa shape index (κ1) is 24.3. The molecule has 0 aliphatic heterocycles. The van der Waals surface area contributed by atoms with Crippen molar-refractivity contribution in [1.82, 2.24) is 9.80 Å². The van der Waals surface area contributed by atoms with Gasteiger partial charge < -0.3 is 14.5 Å². The van der Waals surface area contributed by atoms with Gasteiger partial charge in [0.2, 0.25) is 6.10 Å². The molecule has 2 aromatic carbocycles. The van der Waals surface area contributed by atoms with E-state index in [2.05, 4.69) is 31.1 Å². The minimum Gasteiger partial charge on any atom is -0.447 e. The van der Waals surface area contributed by atoms with Crippen molar-refractivity contribution in [3.05, 3.63) is 70.7 Å². The van der Waals surface area contributed by atoms with Crippen molar-refractivity contribution in [2.24, 2.45) is 5.92 Å². The summed E-state index contributed by atoms with van der Waals surface area (Å²) in [5.74, 6) is -0.123. The molecule has 0 heterocycles. The highest BCUT2D eigenvalue weighted by molar-refractivity contribution is 6.30. The predicted molar refractivity (Wildman–Crippen MR) is 127 cm³/mol. The molecular weight excluding hydrogens is 424 g/mol. The first-order valence-electron chi connectivity index (χ1n) is 11.2. The summed E-state index contributed by atoms with van der Waals surface area (Å²) in [6, 6.07) is 17.8. The molecule has 1 aliphatic rings. The van der Waals surface area contributed by atoms with Gasteiger partial charge in [0.15, 0.2) is 0 Å². The minimum absolute atomic E-state index is 0.133. The Kier molecular flexibility index (Phi) is 8.32. The number of halogens is 1. The molecule has 5 nitrogen and oxygen atoms in total. The fraction of sp³-hybridized carbons (Fsp3) is 0.462. The lowest BCUT2D eigenvalue weighted by Gasteiger charge is -2.40. The normalized spacial score (nSPS) is 20.4. The van der Waals surface area contributed by atoms with E-state index in [-0.39, 0.29) is 11.9 Å². The predicted octanol–water partition coefficient (Wildman–Crippen LogP) is 5.26. The third-order valence-corrected chi connectivity index (χ3v) is 6.71. The molecule has 0 aromatic heterocycles. The molecule has 0 bridgehead atoms. The summed E-state index contributed by atoms with van der Waals surface area (Å²) in [5.41, 5.74) is 1.97. The maximum Gasteiger partial charge on any atom is 0.303 e. The van der Waals surface area contributed by atoms with Crippen LogP contribution in [0.4, 0.5) is 0 Å². The summed E-state index contributed by atoms with van der Waals surface area (Å²) in [7, 11) is 6.06. The SMILES string of the molecule is CC(=O)OC(C(=O)N(C)C1CCC(C(c2ccc(Cl)cc2)N(C)C)CC1)c1ccccc1. The fourth-order valence-electron chi connectivity index (χ4n) is 4.88. The molecule has 1 amide bonds. The fourth-order valence-corrected chi connectivity index (χ4v) is 5.00. The quantitative estimate of drug-likeness (QED) is 0.533. The standard InChI is InChI=1S/C26H33ClN2O3/c1-18(30)32-25(21-8-6-5-7-9-21)26(31)29(4)23-16-12-20(13-17-23)24(28(2)3)19-10-14-22(27)15-11-19/h5-11,14-15,20,23-25H,12-13,16-17H2,1-4H3. The van der Waals surface area contributed by atoms with Crippen molar-refractivity contribution in [2.75, 3.05) is 21.1 Å². The van der Waals surface area contributed by atoms with Crippen LogP contribution < -0.4 is 0 Å². The lowest BCUT2D eigenvalue weighted by molar-refractivity contribution is -0.160. The van der Waals surface area contributed by atoms with Crippen LogP contribution in [0.2, 0.25) is 5.02 Å². The number of amides is 1. The Morgan fingerprint density at radius 2 is 1.50 bits per heavy atom. The van der Waals surface area contributed by atoms with Crippen LogP contribution in [-0.2, 0) is 14.3 Å². The van der Waals surface area contributed by atoms with Crippen molar-refractivity contribution in [3.8, 4) is 0 Å². The summed E-state index contributed by atoms with van der Waals surface area (Å²) in [4.78, 5) is 29.0. The highest BCUT2D eigenvalue weighted by Gasteiger charge is 2.35. The summed E-state index contributed by atoms with van der Waals surface area (Å²) < 4.78 is 5.42. The van der Waals surface area contributed by atoms with Crippen molar-refractivity contribution < 1.29 is 14.3 Å². The van der Waals surface area contributed by atoms with Gasteiger partial charge in [0.1, 0.15) is 0 Å². The Morgan fingerprint density at radius 1 is 0.906 bits per heavy atom. The molecule has 32 heavy (non-hydrogen) atoms. The number of ether oxygens (including phenoxy) is 1. The van der Waals surface area contributed by atoms with E-state index in [1.807, 2.05) is 49.5 Å². The third kappa shape index (κ3) is 5.90. The highest BCUT2D eigenvalue weighted by Crippen LogP contribution is 2.39. The van der Waals surface area contributed by atoms with Gasteiger partial charge in [-0.1, -0.05) is 54.1 Å². The molecular formula is C26H33ClN2O3. The number of carbonyl (C=O) groups excluding carboxylic acids is 2. The van der Waals surface area contributed by atoms with E-state index in [1.165, 1.54) is 12.5 Å². The largest absolute Gasteiger partial charge is 0.447 e. The molecule has 1 aliphatic carbocycles. The van der Waals surface area contributed by atoms with Crippen LogP contribution in [0.25, 0.3) is 0 Å². The summed E-state index contributed by atoms with van der Waals surface area (Å²) >= 11 is 6.08. The summed E-state index contributed by atoms with van der Waals surface area (Å²) in [6.07, 6.45) is 2.99. The monoisotopic (exact) mass is 456 g/mol. The molecule has 6 heteroatoms. The molecule has 3 rings (SSSR count). The van der Waals surface area contributed by atoms with Gasteiger partial charge in [-0.15, -0.1) is 0 Å². The number of carbonyl (C=O) groups is 2. The van der Waals surface area contributed by atoms with E-state index in [0.717, 1.165) is 30.7 Å². The molecule has 0 spiro atoms. The maximum absolute atomic E-state index is 13.3. The Hall–Kier alpha value is -2.37. The van der Waals surface area contributed by atoms with Gasteiger partial charge in [-0.25, -0.2) is 0 Å².